The van der Waals surface area contributed by atoms with Gasteiger partial charge < -0.3 is 15.7 Å². The second kappa shape index (κ2) is 7.60. The smallest absolute Gasteiger partial charge is 0.214 e. The number of H-pyrrole nitrogens is 2. The number of hydrogen-bond donors (Lipinski definition) is 3. The van der Waals surface area contributed by atoms with Gasteiger partial charge in [-0.15, -0.1) is 0 Å². The molecule has 1 aliphatic heterocycles. The van der Waals surface area contributed by atoms with Gasteiger partial charge in [0.05, 0.1) is 34.2 Å². The molecule has 0 saturated carbocycles. The number of anilines is 1. The van der Waals surface area contributed by atoms with E-state index in [2.05, 4.69) is 37.1 Å². The lowest BCUT2D eigenvalue weighted by atomic mass is 10.1. The van der Waals surface area contributed by atoms with Gasteiger partial charge in [-0.25, -0.2) is 9.67 Å². The van der Waals surface area contributed by atoms with Crippen molar-refractivity contribution < 1.29 is 4.79 Å². The highest BCUT2D eigenvalue weighted by molar-refractivity contribution is 6.12. The highest BCUT2D eigenvalue weighted by atomic mass is 16.1. The van der Waals surface area contributed by atoms with E-state index in [1.54, 1.807) is 4.68 Å². The zero-order chi connectivity index (χ0) is 22.5. The fourth-order valence-electron chi connectivity index (χ4n) is 4.74. The summed E-state index contributed by atoms with van der Waals surface area (Å²) in [6, 6.07) is 14.0. The predicted octanol–water partition coefficient (Wildman–Crippen LogP) is 3.95. The number of likely N-dealkylation sites (tertiary alicyclic amines) is 1. The Balaban J connectivity index is 1.29. The number of aromatic amines is 2. The maximum Gasteiger partial charge on any atom is 0.214 e. The molecule has 0 amide bonds. The van der Waals surface area contributed by atoms with Crippen LogP contribution in [0.4, 0.5) is 5.82 Å². The number of aromatic nitrogens is 5. The molecule has 0 atom stereocenters. The van der Waals surface area contributed by atoms with Gasteiger partial charge >= 0.3 is 0 Å². The van der Waals surface area contributed by atoms with Crippen LogP contribution in [-0.2, 0) is 6.54 Å². The van der Waals surface area contributed by atoms with Crippen LogP contribution >= 0.6 is 0 Å². The van der Waals surface area contributed by atoms with Gasteiger partial charge in [0, 0.05) is 17.4 Å². The van der Waals surface area contributed by atoms with Crippen LogP contribution in [0, 0.1) is 6.92 Å². The molecule has 8 heteroatoms. The van der Waals surface area contributed by atoms with E-state index in [1.807, 2.05) is 37.3 Å². The van der Waals surface area contributed by atoms with E-state index < -0.39 is 0 Å². The van der Waals surface area contributed by atoms with Crippen LogP contribution in [0.2, 0.25) is 0 Å². The number of carbonyl (C=O) groups is 1. The first-order valence-electron chi connectivity index (χ1n) is 11.2. The molecule has 1 aliphatic rings. The Morgan fingerprint density at radius 3 is 2.73 bits per heavy atom. The number of aryl methyl sites for hydroxylation is 1. The van der Waals surface area contributed by atoms with Crippen molar-refractivity contribution in [2.45, 2.75) is 26.3 Å². The molecule has 8 nitrogen and oxygen atoms in total. The lowest BCUT2D eigenvalue weighted by Gasteiger charge is -2.14. The van der Waals surface area contributed by atoms with Gasteiger partial charge in [0.25, 0.3) is 0 Å². The van der Waals surface area contributed by atoms with Gasteiger partial charge in [0.1, 0.15) is 11.6 Å². The number of nitrogen functional groups attached to an aromatic ring is 1. The van der Waals surface area contributed by atoms with E-state index in [1.165, 1.54) is 24.6 Å². The number of ketones is 1. The zero-order valence-electron chi connectivity index (χ0n) is 18.4. The Labute approximate surface area is 190 Å². The molecule has 1 fully saturated rings. The summed E-state index contributed by atoms with van der Waals surface area (Å²) >= 11 is 0. The van der Waals surface area contributed by atoms with Crippen molar-refractivity contribution in [1.29, 1.82) is 0 Å². The maximum absolute atomic E-state index is 13.3. The third-order valence-corrected chi connectivity index (χ3v) is 6.42. The molecule has 0 spiro atoms. The summed E-state index contributed by atoms with van der Waals surface area (Å²) in [4.78, 5) is 26.7. The molecular formula is C25H25N7O. The fourth-order valence-corrected chi connectivity index (χ4v) is 4.74. The summed E-state index contributed by atoms with van der Waals surface area (Å²) in [6.45, 7) is 5.17. The van der Waals surface area contributed by atoms with Crippen molar-refractivity contribution >= 4 is 33.5 Å². The van der Waals surface area contributed by atoms with Crippen LogP contribution < -0.4 is 5.73 Å². The molecular weight excluding hydrogens is 414 g/mol. The highest BCUT2D eigenvalue weighted by Gasteiger charge is 2.20. The minimum Gasteiger partial charge on any atom is -0.383 e. The second-order valence-corrected chi connectivity index (χ2v) is 8.80. The van der Waals surface area contributed by atoms with Gasteiger partial charge in [-0.2, -0.15) is 5.10 Å². The molecule has 33 heavy (non-hydrogen) atoms. The number of nitrogens with zero attached hydrogens (tertiary/aromatic N) is 4. The molecule has 0 bridgehead atoms. The third kappa shape index (κ3) is 3.48. The van der Waals surface area contributed by atoms with E-state index in [4.69, 9.17) is 5.73 Å². The van der Waals surface area contributed by atoms with Crippen molar-refractivity contribution in [1.82, 2.24) is 29.6 Å². The van der Waals surface area contributed by atoms with Gasteiger partial charge in [-0.3, -0.25) is 9.69 Å². The minimum atomic E-state index is -0.173. The van der Waals surface area contributed by atoms with Crippen LogP contribution in [0.5, 0.6) is 0 Å². The molecule has 0 unspecified atom stereocenters. The average molecular weight is 440 g/mol. The molecule has 4 heterocycles. The summed E-state index contributed by atoms with van der Waals surface area (Å²) < 4.78 is 1.58. The summed E-state index contributed by atoms with van der Waals surface area (Å²) in [7, 11) is 0. The lowest BCUT2D eigenvalue weighted by Crippen LogP contribution is -2.18. The van der Waals surface area contributed by atoms with Crippen LogP contribution in [0.3, 0.4) is 0 Å². The predicted molar refractivity (Wildman–Crippen MR) is 129 cm³/mol. The molecule has 5 aromatic rings. The number of rotatable bonds is 5. The molecule has 0 aliphatic carbocycles. The molecule has 1 saturated heterocycles. The molecule has 6 rings (SSSR count). The van der Waals surface area contributed by atoms with Crippen LogP contribution in [0.15, 0.2) is 48.7 Å². The normalized spacial score (nSPS) is 14.6. The van der Waals surface area contributed by atoms with Crippen LogP contribution in [0.1, 0.15) is 40.3 Å². The van der Waals surface area contributed by atoms with Crippen LogP contribution in [-0.4, -0.2) is 48.5 Å². The quantitative estimate of drug-likeness (QED) is 0.359. The topological polar surface area (TPSA) is 109 Å². The van der Waals surface area contributed by atoms with Crippen LogP contribution in [0.25, 0.3) is 27.6 Å². The SMILES string of the molecule is Cc1nc2cc(-n3ncc(C(=O)c4cc5cc(CN6CCCC6)ccc5[nH]4)c3N)ccc2[nH]1. The maximum atomic E-state index is 13.3. The molecule has 2 aromatic carbocycles. The lowest BCUT2D eigenvalue weighted by molar-refractivity contribution is 0.103. The number of nitrogens with two attached hydrogens (primary N) is 1. The van der Waals surface area contributed by atoms with Gasteiger partial charge in [0.2, 0.25) is 5.78 Å². The molecule has 4 N–H and O–H groups in total. The number of nitrogens with one attached hydrogen (secondary N) is 2. The Kier molecular flexibility index (Phi) is 4.55. The Morgan fingerprint density at radius 2 is 1.88 bits per heavy atom. The highest BCUT2D eigenvalue weighted by Crippen LogP contribution is 2.25. The summed E-state index contributed by atoms with van der Waals surface area (Å²) in [5, 5.41) is 5.41. The Bertz CT molecular complexity index is 1500. The van der Waals surface area contributed by atoms with Crippen molar-refractivity contribution in [2.24, 2.45) is 0 Å². The summed E-state index contributed by atoms with van der Waals surface area (Å²) in [6.07, 6.45) is 4.08. The van der Waals surface area contributed by atoms with E-state index in [-0.39, 0.29) is 5.78 Å². The van der Waals surface area contributed by atoms with Gasteiger partial charge in [-0.1, -0.05) is 6.07 Å². The monoisotopic (exact) mass is 439 g/mol. The minimum absolute atomic E-state index is 0.173. The molecule has 3 aromatic heterocycles. The summed E-state index contributed by atoms with van der Waals surface area (Å²) in [5.74, 6) is 0.974. The first-order valence-corrected chi connectivity index (χ1v) is 11.2. The van der Waals surface area contributed by atoms with E-state index in [0.29, 0.717) is 17.1 Å². The van der Waals surface area contributed by atoms with Crippen molar-refractivity contribution in [3.63, 3.8) is 0 Å². The first kappa shape index (κ1) is 19.8. The average Bonchev–Trinajstić information content (AvgIpc) is 3.58. The number of benzene rings is 2. The standard InChI is InChI=1S/C25H25N7O/c1-15-28-21-7-5-18(12-22(21)29-15)32-25(26)19(13-27-32)24(33)23-11-17-10-16(4-6-20(17)30-23)14-31-8-2-3-9-31/h4-7,10-13,30H,2-3,8-9,14,26H2,1H3,(H,28,29). The zero-order valence-corrected chi connectivity index (χ0v) is 18.4. The second-order valence-electron chi connectivity index (χ2n) is 8.80. The Hall–Kier alpha value is -3.91. The van der Waals surface area contributed by atoms with E-state index >= 15 is 0 Å². The number of carbonyl (C=O) groups excluding carboxylic acids is 1. The van der Waals surface area contributed by atoms with E-state index in [9.17, 15) is 4.79 Å². The third-order valence-electron chi connectivity index (χ3n) is 6.42. The Morgan fingerprint density at radius 1 is 1.06 bits per heavy atom. The molecule has 0 radical (unpaired) electrons. The number of imidazole rings is 1. The largest absolute Gasteiger partial charge is 0.383 e. The van der Waals surface area contributed by atoms with Crippen molar-refractivity contribution in [3.05, 3.63) is 71.3 Å². The molecule has 166 valence electrons. The number of hydrogen-bond acceptors (Lipinski definition) is 5. The van der Waals surface area contributed by atoms with Gasteiger partial charge in [-0.05, 0) is 74.8 Å². The van der Waals surface area contributed by atoms with E-state index in [0.717, 1.165) is 53.1 Å². The van der Waals surface area contributed by atoms with Crippen molar-refractivity contribution in [3.8, 4) is 5.69 Å². The summed E-state index contributed by atoms with van der Waals surface area (Å²) in [5.41, 5.74) is 12.0. The fraction of sp³-hybridized carbons (Fsp3) is 0.240. The number of fused-ring (bicyclic) bond motifs is 2. The first-order chi connectivity index (χ1) is 16.0. The van der Waals surface area contributed by atoms with Crippen molar-refractivity contribution in [2.75, 3.05) is 18.8 Å². The van der Waals surface area contributed by atoms with Gasteiger partial charge in [0.15, 0.2) is 0 Å².